The van der Waals surface area contributed by atoms with E-state index < -0.39 is 0 Å². The number of hydrogen-bond acceptors (Lipinski definition) is 5. The van der Waals surface area contributed by atoms with E-state index in [1.165, 1.54) is 11.1 Å². The minimum atomic E-state index is 0.184. The zero-order valence-electron chi connectivity index (χ0n) is 18.2. The first-order valence-electron chi connectivity index (χ1n) is 10.9. The fraction of sp³-hybridized carbons (Fsp3) is 0.346. The van der Waals surface area contributed by atoms with Gasteiger partial charge >= 0.3 is 0 Å². The summed E-state index contributed by atoms with van der Waals surface area (Å²) in [4.78, 5) is 4.49. The summed E-state index contributed by atoms with van der Waals surface area (Å²) in [6.07, 6.45) is 4.19. The minimum Gasteiger partial charge on any atom is -0.496 e. The molecule has 31 heavy (non-hydrogen) atoms. The molecule has 1 aliphatic heterocycles. The predicted molar refractivity (Wildman–Crippen MR) is 122 cm³/mol. The molecule has 2 heterocycles. The Hall–Kier alpha value is -2.89. The monoisotopic (exact) mass is 418 g/mol. The van der Waals surface area contributed by atoms with Crippen molar-refractivity contribution < 1.29 is 14.2 Å². The number of hydrogen-bond donors (Lipinski definition) is 1. The van der Waals surface area contributed by atoms with Crippen molar-refractivity contribution in [3.8, 4) is 22.8 Å². The average Bonchev–Trinajstić information content (AvgIpc) is 3.36. The Morgan fingerprint density at radius 1 is 1.13 bits per heavy atom. The third-order valence-electron chi connectivity index (χ3n) is 5.66. The van der Waals surface area contributed by atoms with Gasteiger partial charge in [-0.3, -0.25) is 0 Å². The fourth-order valence-electron chi connectivity index (χ4n) is 3.80. The lowest BCUT2D eigenvalue weighted by Crippen LogP contribution is -2.18. The van der Waals surface area contributed by atoms with Crippen LogP contribution in [0, 0.1) is 0 Å². The first-order chi connectivity index (χ1) is 15.2. The van der Waals surface area contributed by atoms with Gasteiger partial charge in [0.25, 0.3) is 0 Å². The molecule has 2 atom stereocenters. The zero-order chi connectivity index (χ0) is 21.5. The van der Waals surface area contributed by atoms with Gasteiger partial charge in [-0.05, 0) is 49.1 Å². The number of methoxy groups -OCH3 is 1. The highest BCUT2D eigenvalue weighted by Crippen LogP contribution is 2.31. The maximum absolute atomic E-state index is 5.79. The molecule has 5 nitrogen and oxygen atoms in total. The van der Waals surface area contributed by atoms with Crippen LogP contribution in [0.4, 0.5) is 0 Å². The summed E-state index contributed by atoms with van der Waals surface area (Å²) < 4.78 is 17.0. The Labute approximate surface area is 184 Å². The molecule has 3 aromatic rings. The third kappa shape index (κ3) is 5.63. The van der Waals surface area contributed by atoms with E-state index in [0.29, 0.717) is 12.5 Å². The summed E-state index contributed by atoms with van der Waals surface area (Å²) in [7, 11) is 1.70. The van der Waals surface area contributed by atoms with Crippen LogP contribution in [0.3, 0.4) is 0 Å². The Bertz CT molecular complexity index is 954. The molecule has 1 aliphatic rings. The predicted octanol–water partition coefficient (Wildman–Crippen LogP) is 5.17. The number of benzene rings is 2. The molecule has 4 rings (SSSR count). The Morgan fingerprint density at radius 3 is 2.71 bits per heavy atom. The minimum absolute atomic E-state index is 0.184. The fourth-order valence-corrected chi connectivity index (χ4v) is 3.80. The van der Waals surface area contributed by atoms with E-state index in [2.05, 4.69) is 53.6 Å². The van der Waals surface area contributed by atoms with Crippen molar-refractivity contribution in [1.29, 1.82) is 0 Å². The van der Waals surface area contributed by atoms with Gasteiger partial charge in [0.15, 0.2) is 0 Å². The quantitative estimate of drug-likeness (QED) is 0.520. The Morgan fingerprint density at radius 2 is 2.00 bits per heavy atom. The molecule has 0 spiro atoms. The molecule has 0 bridgehead atoms. The van der Waals surface area contributed by atoms with Gasteiger partial charge in [0, 0.05) is 42.6 Å². The molecule has 1 N–H and O–H groups in total. The third-order valence-corrected chi connectivity index (χ3v) is 5.66. The zero-order valence-corrected chi connectivity index (χ0v) is 18.2. The first-order valence-corrected chi connectivity index (χ1v) is 10.9. The molecule has 1 aromatic heterocycles. The standard InChI is InChI=1S/C26H30N2O3/c1-19(21-7-4-3-5-8-21)27-16-20-10-12-25(29-2)24(15-20)22-11-13-26(28-17-22)31-18-23-9-6-14-30-23/h3-5,7-8,10-13,15,17,19,23,27H,6,9,14,16,18H2,1-2H3/t19-,23?/m1/s1. The summed E-state index contributed by atoms with van der Waals surface area (Å²) in [5.74, 6) is 1.45. The van der Waals surface area contributed by atoms with E-state index in [9.17, 15) is 0 Å². The van der Waals surface area contributed by atoms with Gasteiger partial charge < -0.3 is 19.5 Å². The summed E-state index contributed by atoms with van der Waals surface area (Å²) >= 11 is 0. The summed E-state index contributed by atoms with van der Waals surface area (Å²) in [6, 6.07) is 20.9. The molecule has 1 fully saturated rings. The van der Waals surface area contributed by atoms with Gasteiger partial charge in [0.1, 0.15) is 12.4 Å². The van der Waals surface area contributed by atoms with Crippen molar-refractivity contribution in [2.24, 2.45) is 0 Å². The average molecular weight is 419 g/mol. The number of nitrogens with zero attached hydrogens (tertiary/aromatic N) is 1. The number of ether oxygens (including phenoxy) is 3. The van der Waals surface area contributed by atoms with Crippen molar-refractivity contribution in [2.45, 2.75) is 38.5 Å². The normalized spacial score (nSPS) is 16.8. The topological polar surface area (TPSA) is 52.6 Å². The van der Waals surface area contributed by atoms with Crippen LogP contribution < -0.4 is 14.8 Å². The van der Waals surface area contributed by atoms with Gasteiger partial charge in [0.2, 0.25) is 5.88 Å². The number of nitrogens with one attached hydrogen (secondary N) is 1. The maximum atomic E-state index is 5.79. The lowest BCUT2D eigenvalue weighted by atomic mass is 10.0. The number of aromatic nitrogens is 1. The van der Waals surface area contributed by atoms with Crippen LogP contribution >= 0.6 is 0 Å². The highest BCUT2D eigenvalue weighted by Gasteiger charge is 2.16. The van der Waals surface area contributed by atoms with Crippen molar-refractivity contribution in [3.63, 3.8) is 0 Å². The van der Waals surface area contributed by atoms with Crippen LogP contribution in [-0.2, 0) is 11.3 Å². The number of rotatable bonds is 9. The molecule has 5 heteroatoms. The maximum Gasteiger partial charge on any atom is 0.213 e. The molecule has 0 amide bonds. The molecule has 0 saturated carbocycles. The van der Waals surface area contributed by atoms with E-state index in [-0.39, 0.29) is 12.1 Å². The summed E-state index contributed by atoms with van der Waals surface area (Å²) in [5.41, 5.74) is 4.49. The first kappa shape index (κ1) is 21.3. The van der Waals surface area contributed by atoms with Gasteiger partial charge in [-0.25, -0.2) is 4.98 Å². The van der Waals surface area contributed by atoms with Crippen LogP contribution in [0.15, 0.2) is 66.9 Å². The van der Waals surface area contributed by atoms with Crippen LogP contribution in [0.2, 0.25) is 0 Å². The molecular weight excluding hydrogens is 388 g/mol. The lowest BCUT2D eigenvalue weighted by Gasteiger charge is -2.16. The van der Waals surface area contributed by atoms with Crippen molar-refractivity contribution in [2.75, 3.05) is 20.3 Å². The van der Waals surface area contributed by atoms with E-state index in [4.69, 9.17) is 14.2 Å². The summed E-state index contributed by atoms with van der Waals surface area (Å²) in [5, 5.41) is 3.60. The second kappa shape index (κ2) is 10.4. The molecule has 0 aliphatic carbocycles. The molecule has 0 radical (unpaired) electrons. The van der Waals surface area contributed by atoms with Crippen LogP contribution in [0.5, 0.6) is 11.6 Å². The van der Waals surface area contributed by atoms with E-state index >= 15 is 0 Å². The molecular formula is C26H30N2O3. The number of pyridine rings is 1. The van der Waals surface area contributed by atoms with Crippen molar-refractivity contribution >= 4 is 0 Å². The molecule has 1 saturated heterocycles. The highest BCUT2D eigenvalue weighted by atomic mass is 16.5. The van der Waals surface area contributed by atoms with Gasteiger partial charge in [-0.2, -0.15) is 0 Å². The highest BCUT2D eigenvalue weighted by molar-refractivity contribution is 5.70. The van der Waals surface area contributed by atoms with E-state index in [0.717, 1.165) is 42.9 Å². The summed E-state index contributed by atoms with van der Waals surface area (Å²) in [6.45, 7) is 4.33. The van der Waals surface area contributed by atoms with Gasteiger partial charge in [0.05, 0.1) is 13.2 Å². The van der Waals surface area contributed by atoms with E-state index in [1.807, 2.05) is 30.5 Å². The van der Waals surface area contributed by atoms with Crippen LogP contribution in [-0.4, -0.2) is 31.4 Å². The van der Waals surface area contributed by atoms with Gasteiger partial charge in [-0.1, -0.05) is 36.4 Å². The SMILES string of the molecule is COc1ccc(CN[C@H](C)c2ccccc2)cc1-c1ccc(OCC2CCCO2)nc1. The van der Waals surface area contributed by atoms with Crippen LogP contribution in [0.1, 0.15) is 36.9 Å². The second-order valence-electron chi connectivity index (χ2n) is 7.88. The Kier molecular flexibility index (Phi) is 7.18. The van der Waals surface area contributed by atoms with E-state index in [1.54, 1.807) is 7.11 Å². The Balaban J connectivity index is 1.43. The smallest absolute Gasteiger partial charge is 0.213 e. The van der Waals surface area contributed by atoms with Crippen molar-refractivity contribution in [3.05, 3.63) is 78.0 Å². The van der Waals surface area contributed by atoms with Crippen molar-refractivity contribution in [1.82, 2.24) is 10.3 Å². The largest absolute Gasteiger partial charge is 0.496 e. The van der Waals surface area contributed by atoms with Crippen LogP contribution in [0.25, 0.3) is 11.1 Å². The lowest BCUT2D eigenvalue weighted by molar-refractivity contribution is 0.0663. The van der Waals surface area contributed by atoms with Gasteiger partial charge in [-0.15, -0.1) is 0 Å². The molecule has 1 unspecified atom stereocenters. The molecule has 2 aromatic carbocycles. The second-order valence-corrected chi connectivity index (χ2v) is 7.88. The molecule has 162 valence electrons.